The molecule has 1 saturated heterocycles. The summed E-state index contributed by atoms with van der Waals surface area (Å²) in [6, 6.07) is 3.64. The third-order valence-corrected chi connectivity index (χ3v) is 3.44. The van der Waals surface area contributed by atoms with Gasteiger partial charge < -0.3 is 14.9 Å². The number of aromatic nitrogens is 1. The Morgan fingerprint density at radius 2 is 1.90 bits per heavy atom. The lowest BCUT2D eigenvalue weighted by Gasteiger charge is -2.35. The molecule has 0 saturated carbocycles. The molecule has 1 amide bonds. The van der Waals surface area contributed by atoms with Crippen LogP contribution in [0.15, 0.2) is 18.3 Å². The van der Waals surface area contributed by atoms with Crippen LogP contribution >= 0.6 is 11.6 Å². The van der Waals surface area contributed by atoms with Crippen LogP contribution in [0.5, 0.6) is 0 Å². The summed E-state index contributed by atoms with van der Waals surface area (Å²) in [6.07, 6.45) is 1.55. The highest BCUT2D eigenvalue weighted by atomic mass is 35.5. The average molecular weight is 298 g/mol. The second kappa shape index (κ2) is 6.56. The van der Waals surface area contributed by atoms with E-state index < -0.39 is 5.97 Å². The van der Waals surface area contributed by atoms with Crippen molar-refractivity contribution in [2.45, 2.75) is 12.8 Å². The summed E-state index contributed by atoms with van der Waals surface area (Å²) in [7, 11) is 0. The van der Waals surface area contributed by atoms with Crippen molar-refractivity contribution < 1.29 is 14.7 Å². The maximum Gasteiger partial charge on any atom is 0.303 e. The van der Waals surface area contributed by atoms with Gasteiger partial charge in [-0.2, -0.15) is 0 Å². The first-order chi connectivity index (χ1) is 9.56. The van der Waals surface area contributed by atoms with E-state index in [1.54, 1.807) is 17.2 Å². The van der Waals surface area contributed by atoms with Crippen molar-refractivity contribution in [2.24, 2.45) is 0 Å². The number of hydrogen-bond donors (Lipinski definition) is 1. The molecule has 1 aliphatic heterocycles. The molecule has 1 aliphatic rings. The van der Waals surface area contributed by atoms with Gasteiger partial charge in [0.05, 0.1) is 11.4 Å². The number of nitrogens with zero attached hydrogens (tertiary/aromatic N) is 3. The minimum absolute atomic E-state index is 0.0640. The first-order valence-electron chi connectivity index (χ1n) is 6.42. The molecule has 108 valence electrons. The monoisotopic (exact) mass is 297 g/mol. The number of pyridine rings is 1. The largest absolute Gasteiger partial charge is 0.481 e. The van der Waals surface area contributed by atoms with Gasteiger partial charge in [-0.15, -0.1) is 0 Å². The van der Waals surface area contributed by atoms with Gasteiger partial charge in [-0.05, 0) is 12.1 Å². The summed E-state index contributed by atoms with van der Waals surface area (Å²) < 4.78 is 0. The zero-order chi connectivity index (χ0) is 14.5. The second-order valence-corrected chi connectivity index (χ2v) is 5.03. The molecule has 0 aromatic carbocycles. The zero-order valence-corrected chi connectivity index (χ0v) is 11.7. The topological polar surface area (TPSA) is 73.7 Å². The number of aliphatic carboxylic acids is 1. The molecule has 0 radical (unpaired) electrons. The van der Waals surface area contributed by atoms with E-state index in [-0.39, 0.29) is 18.7 Å². The maximum atomic E-state index is 11.8. The minimum Gasteiger partial charge on any atom is -0.481 e. The molecule has 7 heteroatoms. The van der Waals surface area contributed by atoms with Crippen molar-refractivity contribution in [2.75, 3.05) is 31.1 Å². The van der Waals surface area contributed by atoms with Crippen LogP contribution < -0.4 is 4.90 Å². The van der Waals surface area contributed by atoms with Crippen LogP contribution in [0.25, 0.3) is 0 Å². The van der Waals surface area contributed by atoms with E-state index in [9.17, 15) is 9.59 Å². The molecule has 2 rings (SSSR count). The lowest BCUT2D eigenvalue weighted by Crippen LogP contribution is -2.49. The Morgan fingerprint density at radius 3 is 2.45 bits per heavy atom. The van der Waals surface area contributed by atoms with Crippen LogP contribution in [-0.2, 0) is 9.59 Å². The molecule has 20 heavy (non-hydrogen) atoms. The van der Waals surface area contributed by atoms with Gasteiger partial charge in [0.2, 0.25) is 5.91 Å². The fourth-order valence-corrected chi connectivity index (χ4v) is 2.22. The lowest BCUT2D eigenvalue weighted by molar-refractivity contribution is -0.141. The van der Waals surface area contributed by atoms with Crippen LogP contribution in [0, 0.1) is 0 Å². The van der Waals surface area contributed by atoms with Gasteiger partial charge in [0.25, 0.3) is 0 Å². The smallest absolute Gasteiger partial charge is 0.303 e. The van der Waals surface area contributed by atoms with Gasteiger partial charge >= 0.3 is 5.97 Å². The third kappa shape index (κ3) is 3.84. The number of carbonyl (C=O) groups excluding carboxylic acids is 1. The Labute approximate surface area is 122 Å². The van der Waals surface area contributed by atoms with Gasteiger partial charge in [-0.25, -0.2) is 4.98 Å². The fourth-order valence-electron chi connectivity index (χ4n) is 2.11. The maximum absolute atomic E-state index is 11.8. The Kier molecular flexibility index (Phi) is 4.79. The van der Waals surface area contributed by atoms with E-state index in [4.69, 9.17) is 16.7 Å². The molecule has 0 atom stereocenters. The molecule has 6 nitrogen and oxygen atoms in total. The second-order valence-electron chi connectivity index (χ2n) is 4.60. The number of carboxylic acid groups (broad SMARTS) is 1. The molecule has 1 fully saturated rings. The minimum atomic E-state index is -0.942. The predicted octanol–water partition coefficient (Wildman–Crippen LogP) is 1.25. The summed E-state index contributed by atoms with van der Waals surface area (Å²) in [4.78, 5) is 30.3. The lowest BCUT2D eigenvalue weighted by atomic mass is 10.2. The number of piperazine rings is 1. The SMILES string of the molecule is O=C(O)CCC(=O)N1CCN(c2ccc(Cl)cn2)CC1. The third-order valence-electron chi connectivity index (χ3n) is 3.22. The normalized spacial score (nSPS) is 15.2. The number of amides is 1. The Hall–Kier alpha value is -1.82. The number of anilines is 1. The van der Waals surface area contributed by atoms with Crippen molar-refractivity contribution in [3.05, 3.63) is 23.4 Å². The highest BCUT2D eigenvalue weighted by molar-refractivity contribution is 6.30. The van der Waals surface area contributed by atoms with E-state index in [2.05, 4.69) is 9.88 Å². The van der Waals surface area contributed by atoms with Crippen molar-refractivity contribution in [3.63, 3.8) is 0 Å². The van der Waals surface area contributed by atoms with Crippen LogP contribution in [0.2, 0.25) is 5.02 Å². The van der Waals surface area contributed by atoms with E-state index in [1.807, 2.05) is 6.07 Å². The van der Waals surface area contributed by atoms with Gasteiger partial charge in [0, 0.05) is 38.8 Å². The summed E-state index contributed by atoms with van der Waals surface area (Å²) in [5.41, 5.74) is 0. The van der Waals surface area contributed by atoms with Crippen LogP contribution in [-0.4, -0.2) is 53.0 Å². The fraction of sp³-hybridized carbons (Fsp3) is 0.462. The molecule has 0 spiro atoms. The van der Waals surface area contributed by atoms with E-state index in [0.717, 1.165) is 5.82 Å². The number of halogens is 1. The molecule has 0 aliphatic carbocycles. The van der Waals surface area contributed by atoms with E-state index in [1.165, 1.54) is 0 Å². The number of hydrogen-bond acceptors (Lipinski definition) is 4. The molecular formula is C13H16ClN3O3. The number of carboxylic acids is 1. The van der Waals surface area contributed by atoms with Crippen LogP contribution in [0.1, 0.15) is 12.8 Å². The van der Waals surface area contributed by atoms with E-state index >= 15 is 0 Å². The van der Waals surface area contributed by atoms with Gasteiger partial charge in [-0.1, -0.05) is 11.6 Å². The molecule has 2 heterocycles. The van der Waals surface area contributed by atoms with Gasteiger partial charge in [0.1, 0.15) is 5.82 Å². The summed E-state index contributed by atoms with van der Waals surface area (Å²) >= 11 is 5.79. The Morgan fingerprint density at radius 1 is 1.20 bits per heavy atom. The standard InChI is InChI=1S/C13H16ClN3O3/c14-10-1-2-11(15-9-10)16-5-7-17(8-6-16)12(18)3-4-13(19)20/h1-2,9H,3-8H2,(H,19,20). The van der Waals surface area contributed by atoms with Crippen LogP contribution in [0.4, 0.5) is 5.82 Å². The first kappa shape index (κ1) is 14.6. The highest BCUT2D eigenvalue weighted by Gasteiger charge is 2.21. The van der Waals surface area contributed by atoms with Crippen LogP contribution in [0.3, 0.4) is 0 Å². The van der Waals surface area contributed by atoms with Crippen molar-refractivity contribution in [3.8, 4) is 0 Å². The molecule has 1 aromatic rings. The molecule has 1 aromatic heterocycles. The predicted molar refractivity (Wildman–Crippen MR) is 74.9 cm³/mol. The number of carbonyl (C=O) groups is 2. The molecule has 1 N–H and O–H groups in total. The van der Waals surface area contributed by atoms with Gasteiger partial charge in [0.15, 0.2) is 0 Å². The quantitative estimate of drug-likeness (QED) is 0.905. The summed E-state index contributed by atoms with van der Waals surface area (Å²) in [6.45, 7) is 2.55. The van der Waals surface area contributed by atoms with Crippen molar-refractivity contribution >= 4 is 29.3 Å². The van der Waals surface area contributed by atoms with E-state index in [0.29, 0.717) is 31.2 Å². The van der Waals surface area contributed by atoms with Crippen molar-refractivity contribution in [1.82, 2.24) is 9.88 Å². The molecule has 0 bridgehead atoms. The van der Waals surface area contributed by atoms with Crippen molar-refractivity contribution in [1.29, 1.82) is 0 Å². The molecular weight excluding hydrogens is 282 g/mol. The summed E-state index contributed by atoms with van der Waals surface area (Å²) in [5, 5.41) is 9.17. The Balaban J connectivity index is 1.84. The summed E-state index contributed by atoms with van der Waals surface area (Å²) in [5.74, 6) is -0.203. The van der Waals surface area contributed by atoms with Gasteiger partial charge in [-0.3, -0.25) is 9.59 Å². The molecule has 0 unspecified atom stereocenters. The highest BCUT2D eigenvalue weighted by Crippen LogP contribution is 2.16. The number of rotatable bonds is 4. The zero-order valence-electron chi connectivity index (χ0n) is 11.0. The Bertz CT molecular complexity index is 484. The first-order valence-corrected chi connectivity index (χ1v) is 6.80. The average Bonchev–Trinajstić information content (AvgIpc) is 2.46.